The van der Waals surface area contributed by atoms with Crippen LogP contribution in [0.1, 0.15) is 65.7 Å². The molecule has 0 aromatic carbocycles. The average Bonchev–Trinajstić information content (AvgIpc) is 3.32. The molecule has 5 aliphatic rings. The maximum atomic E-state index is 12.3. The lowest BCUT2D eigenvalue weighted by Gasteiger charge is -2.58. The summed E-state index contributed by atoms with van der Waals surface area (Å²) in [6.45, 7) is 7.29. The fraction of sp³-hybridized carbons (Fsp3) is 0.826. The van der Waals surface area contributed by atoms with Gasteiger partial charge in [0.25, 0.3) is 0 Å². The summed E-state index contributed by atoms with van der Waals surface area (Å²) in [6.07, 6.45) is 10.0. The Bertz CT molecular complexity index is 720. The van der Waals surface area contributed by atoms with Crippen LogP contribution in [-0.4, -0.2) is 18.0 Å². The number of carbonyl (C=O) groups excluding carboxylic acids is 1. The van der Waals surface area contributed by atoms with Gasteiger partial charge in [0.15, 0.2) is 5.78 Å². The Balaban J connectivity index is 1.57. The summed E-state index contributed by atoms with van der Waals surface area (Å²) in [5.41, 5.74) is 1.70. The maximum Gasteiger partial charge on any atom is 0.156 e. The van der Waals surface area contributed by atoms with Crippen molar-refractivity contribution in [1.29, 1.82) is 5.26 Å². The molecule has 0 aromatic rings. The summed E-state index contributed by atoms with van der Waals surface area (Å²) in [5.74, 6) is 3.21. The highest BCUT2D eigenvalue weighted by Gasteiger charge is 2.70. The zero-order valence-electron chi connectivity index (χ0n) is 16.3. The topological polar surface area (TPSA) is 53.4 Å². The molecule has 1 aliphatic heterocycles. The minimum Gasteiger partial charge on any atom is -0.365 e. The molecule has 0 aromatic heterocycles. The number of epoxide rings is 1. The van der Waals surface area contributed by atoms with Gasteiger partial charge in [0.2, 0.25) is 0 Å². The van der Waals surface area contributed by atoms with Crippen molar-refractivity contribution < 1.29 is 9.53 Å². The summed E-state index contributed by atoms with van der Waals surface area (Å²) in [6, 6.07) is 2.39. The van der Waals surface area contributed by atoms with Crippen LogP contribution in [0.15, 0.2) is 11.6 Å². The largest absolute Gasteiger partial charge is 0.365 e. The Morgan fingerprint density at radius 2 is 2.04 bits per heavy atom. The third-order valence-electron chi connectivity index (χ3n) is 9.58. The van der Waals surface area contributed by atoms with Crippen molar-refractivity contribution in [3.8, 4) is 6.07 Å². The number of hydrogen-bond acceptors (Lipinski definition) is 3. The Kier molecular flexibility index (Phi) is 3.56. The van der Waals surface area contributed by atoms with Crippen molar-refractivity contribution in [3.63, 3.8) is 0 Å². The van der Waals surface area contributed by atoms with Gasteiger partial charge in [-0.1, -0.05) is 27.2 Å². The van der Waals surface area contributed by atoms with Gasteiger partial charge in [0.1, 0.15) is 6.10 Å². The molecule has 140 valence electrons. The van der Waals surface area contributed by atoms with E-state index in [2.05, 4.69) is 26.8 Å². The highest BCUT2D eigenvalue weighted by Crippen LogP contribution is 2.71. The van der Waals surface area contributed by atoms with E-state index in [4.69, 9.17) is 4.74 Å². The van der Waals surface area contributed by atoms with Crippen molar-refractivity contribution in [3.05, 3.63) is 11.6 Å². The van der Waals surface area contributed by atoms with E-state index in [1.807, 2.05) is 6.08 Å². The minimum absolute atomic E-state index is 0.0163. The highest BCUT2D eigenvalue weighted by molar-refractivity contribution is 5.92. The first-order valence-corrected chi connectivity index (χ1v) is 10.7. The van der Waals surface area contributed by atoms with Crippen LogP contribution in [0.25, 0.3) is 0 Å². The number of hydrogen-bond donors (Lipinski definition) is 0. The zero-order chi connectivity index (χ0) is 18.3. The van der Waals surface area contributed by atoms with Gasteiger partial charge in [-0.2, -0.15) is 5.26 Å². The molecule has 4 aliphatic carbocycles. The van der Waals surface area contributed by atoms with Gasteiger partial charge in [0, 0.05) is 12.8 Å². The monoisotopic (exact) mass is 353 g/mol. The molecular weight excluding hydrogens is 322 g/mol. The zero-order valence-corrected chi connectivity index (χ0v) is 16.3. The number of nitrogens with zero attached hydrogens (tertiary/aromatic N) is 1. The number of ether oxygens (including phenoxy) is 1. The summed E-state index contributed by atoms with van der Waals surface area (Å²) < 4.78 is 6.28. The smallest absolute Gasteiger partial charge is 0.156 e. The molecule has 9 atom stereocenters. The van der Waals surface area contributed by atoms with Crippen molar-refractivity contribution in [2.45, 2.75) is 77.9 Å². The summed E-state index contributed by atoms with van der Waals surface area (Å²) in [4.78, 5) is 12.3. The molecule has 2 unspecified atom stereocenters. The Morgan fingerprint density at radius 3 is 2.77 bits per heavy atom. The Labute approximate surface area is 157 Å². The van der Waals surface area contributed by atoms with E-state index < -0.39 is 0 Å². The number of nitriles is 1. The van der Waals surface area contributed by atoms with Crippen LogP contribution in [0.2, 0.25) is 0 Å². The van der Waals surface area contributed by atoms with Crippen molar-refractivity contribution in [2.75, 3.05) is 0 Å². The molecule has 1 saturated heterocycles. The van der Waals surface area contributed by atoms with Gasteiger partial charge in [0.05, 0.1) is 12.2 Å². The quantitative estimate of drug-likeness (QED) is 0.678. The molecule has 26 heavy (non-hydrogen) atoms. The second kappa shape index (κ2) is 5.44. The van der Waals surface area contributed by atoms with Crippen LogP contribution >= 0.6 is 0 Å². The first kappa shape index (κ1) is 17.0. The first-order valence-electron chi connectivity index (χ1n) is 10.7. The lowest BCUT2D eigenvalue weighted by atomic mass is 9.44. The van der Waals surface area contributed by atoms with E-state index in [9.17, 15) is 10.1 Å². The summed E-state index contributed by atoms with van der Waals surface area (Å²) in [7, 11) is 0. The molecule has 3 heteroatoms. The van der Waals surface area contributed by atoms with E-state index in [0.717, 1.165) is 11.8 Å². The molecule has 3 saturated carbocycles. The Hall–Kier alpha value is -1.14. The standard InChI is InChI=1S/C23H31NO2/c1-4-13-5-6-16-19-17(7-9-22(13,16)2)23(3)14(8-10-24)11-15(25)12-18(23)20-21(19)26-20/h12-14,16-17,19-21H,4-9,11H2,1-3H3/t13-,14?,16-,17-,19-,20?,21+,22+,23+/m0/s1. The van der Waals surface area contributed by atoms with E-state index in [1.165, 1.54) is 37.7 Å². The van der Waals surface area contributed by atoms with Gasteiger partial charge in [-0.3, -0.25) is 4.79 Å². The molecule has 4 fully saturated rings. The van der Waals surface area contributed by atoms with Gasteiger partial charge in [-0.15, -0.1) is 0 Å². The number of carbonyl (C=O) groups is 1. The predicted octanol–water partition coefficient (Wildman–Crippen LogP) is 4.67. The molecule has 0 radical (unpaired) electrons. The van der Waals surface area contributed by atoms with Crippen LogP contribution in [0.4, 0.5) is 0 Å². The third kappa shape index (κ3) is 1.95. The third-order valence-corrected chi connectivity index (χ3v) is 9.58. The molecule has 0 bridgehead atoms. The van der Waals surface area contributed by atoms with E-state index in [1.54, 1.807) is 0 Å². The number of rotatable bonds is 2. The SMILES string of the molecule is CC[C@H]1CC[C@H]2[C@@H]3[C@H]4OC4C4=CC(=O)CC(CC#N)[C@]4(C)[C@H]3CC[C@]12C. The summed E-state index contributed by atoms with van der Waals surface area (Å²) in [5, 5.41) is 9.43. The van der Waals surface area contributed by atoms with Crippen LogP contribution in [0, 0.1) is 51.8 Å². The maximum absolute atomic E-state index is 12.3. The molecule has 0 spiro atoms. The molecule has 0 N–H and O–H groups in total. The van der Waals surface area contributed by atoms with Gasteiger partial charge in [-0.05, 0) is 77.8 Å². The normalized spacial score (nSPS) is 54.3. The van der Waals surface area contributed by atoms with Gasteiger partial charge in [-0.25, -0.2) is 0 Å². The first-order chi connectivity index (χ1) is 12.4. The molecular formula is C23H31NO2. The highest BCUT2D eigenvalue weighted by atomic mass is 16.6. The minimum atomic E-state index is -0.0163. The van der Waals surface area contributed by atoms with Crippen LogP contribution in [0.5, 0.6) is 0 Å². The van der Waals surface area contributed by atoms with Crippen molar-refractivity contribution in [1.82, 2.24) is 0 Å². The second-order valence-corrected chi connectivity index (χ2v) is 10.2. The fourth-order valence-electron chi connectivity index (χ4n) is 8.18. The second-order valence-electron chi connectivity index (χ2n) is 10.2. The van der Waals surface area contributed by atoms with Crippen LogP contribution in [-0.2, 0) is 9.53 Å². The number of fused-ring (bicyclic) bond motifs is 8. The van der Waals surface area contributed by atoms with Gasteiger partial charge < -0.3 is 4.74 Å². The van der Waals surface area contributed by atoms with E-state index >= 15 is 0 Å². The van der Waals surface area contributed by atoms with E-state index in [0.29, 0.717) is 36.2 Å². The summed E-state index contributed by atoms with van der Waals surface area (Å²) >= 11 is 0. The molecule has 0 amide bonds. The fourth-order valence-corrected chi connectivity index (χ4v) is 8.18. The lowest BCUT2D eigenvalue weighted by Crippen LogP contribution is -2.56. The number of ketones is 1. The van der Waals surface area contributed by atoms with Gasteiger partial charge >= 0.3 is 0 Å². The van der Waals surface area contributed by atoms with Crippen LogP contribution < -0.4 is 0 Å². The lowest BCUT2D eigenvalue weighted by molar-refractivity contribution is -0.120. The van der Waals surface area contributed by atoms with Crippen molar-refractivity contribution in [2.24, 2.45) is 40.4 Å². The average molecular weight is 354 g/mol. The predicted molar refractivity (Wildman–Crippen MR) is 99.0 cm³/mol. The molecule has 1 heterocycles. The molecule has 5 rings (SSSR count). The van der Waals surface area contributed by atoms with E-state index in [-0.39, 0.29) is 23.2 Å². The Morgan fingerprint density at radius 1 is 1.23 bits per heavy atom. The molecule has 3 nitrogen and oxygen atoms in total. The van der Waals surface area contributed by atoms with Crippen LogP contribution in [0.3, 0.4) is 0 Å². The van der Waals surface area contributed by atoms with Crippen molar-refractivity contribution >= 4 is 5.78 Å².